The number of likely N-dealkylation sites (tertiary alicyclic amines) is 1. The van der Waals surface area contributed by atoms with Gasteiger partial charge in [-0.25, -0.2) is 0 Å². The van der Waals surface area contributed by atoms with Crippen LogP contribution in [0.2, 0.25) is 5.02 Å². The highest BCUT2D eigenvalue weighted by molar-refractivity contribution is 9.11. The van der Waals surface area contributed by atoms with Gasteiger partial charge in [-0.1, -0.05) is 11.6 Å². The third kappa shape index (κ3) is 5.18. The number of hydrogen-bond donors (Lipinski definition) is 2. The molecule has 0 radical (unpaired) electrons. The molecule has 2 N–H and O–H groups in total. The van der Waals surface area contributed by atoms with E-state index in [2.05, 4.69) is 26.6 Å². The van der Waals surface area contributed by atoms with Crippen LogP contribution in [0.4, 0.5) is 5.69 Å². The molecule has 3 amide bonds. The quantitative estimate of drug-likeness (QED) is 0.635. The minimum Gasteiger partial charge on any atom is -0.339 e. The van der Waals surface area contributed by atoms with Crippen molar-refractivity contribution in [2.45, 2.75) is 32.2 Å². The van der Waals surface area contributed by atoms with E-state index in [-0.39, 0.29) is 16.8 Å². The molecule has 3 rings (SSSR count). The fourth-order valence-electron chi connectivity index (χ4n) is 2.98. The Morgan fingerprint density at radius 3 is 2.41 bits per heavy atom. The molecule has 0 unspecified atom stereocenters. The summed E-state index contributed by atoms with van der Waals surface area (Å²) in [4.78, 5) is 39.9. The number of rotatable bonds is 5. The van der Waals surface area contributed by atoms with Crippen molar-refractivity contribution in [1.82, 2.24) is 10.2 Å². The molecule has 1 fully saturated rings. The third-order valence-electron chi connectivity index (χ3n) is 4.64. The highest BCUT2D eigenvalue weighted by atomic mass is 79.9. The zero-order chi connectivity index (χ0) is 21.2. The summed E-state index contributed by atoms with van der Waals surface area (Å²) in [7, 11) is 0. The van der Waals surface area contributed by atoms with Gasteiger partial charge in [0.2, 0.25) is 5.91 Å². The van der Waals surface area contributed by atoms with Crippen LogP contribution in [0.25, 0.3) is 0 Å². The zero-order valence-corrected chi connectivity index (χ0v) is 19.2. The van der Waals surface area contributed by atoms with Crippen LogP contribution in [0.1, 0.15) is 46.7 Å². The van der Waals surface area contributed by atoms with E-state index < -0.39 is 11.4 Å². The molecule has 1 aromatic carbocycles. The van der Waals surface area contributed by atoms with Gasteiger partial charge in [-0.15, -0.1) is 11.3 Å². The fraction of sp³-hybridized carbons (Fsp3) is 0.350. The monoisotopic (exact) mass is 497 g/mol. The van der Waals surface area contributed by atoms with Gasteiger partial charge in [0.25, 0.3) is 11.8 Å². The SMILES string of the molecule is CC(C)(NC(=O)c1ccc(Br)s1)C(=O)Nc1ccc(C(=O)N2CCCC2)c(Cl)c1. The molecule has 29 heavy (non-hydrogen) atoms. The van der Waals surface area contributed by atoms with Crippen molar-refractivity contribution >= 4 is 62.3 Å². The Labute approximate surface area is 186 Å². The minimum atomic E-state index is -1.15. The van der Waals surface area contributed by atoms with E-state index in [0.717, 1.165) is 29.7 Å². The van der Waals surface area contributed by atoms with E-state index in [1.807, 2.05) is 0 Å². The fourth-order valence-corrected chi connectivity index (χ4v) is 4.53. The number of amides is 3. The number of carbonyl (C=O) groups is 3. The molecule has 2 heterocycles. The Kier molecular flexibility index (Phi) is 6.65. The normalized spacial score (nSPS) is 14.0. The van der Waals surface area contributed by atoms with Gasteiger partial charge in [0.1, 0.15) is 5.54 Å². The van der Waals surface area contributed by atoms with Gasteiger partial charge in [-0.3, -0.25) is 14.4 Å². The van der Waals surface area contributed by atoms with Gasteiger partial charge < -0.3 is 15.5 Å². The summed E-state index contributed by atoms with van der Waals surface area (Å²) in [5.74, 6) is -0.818. The molecule has 0 saturated carbocycles. The average molecular weight is 499 g/mol. The number of nitrogens with one attached hydrogen (secondary N) is 2. The first-order valence-corrected chi connectivity index (χ1v) is 11.1. The molecular formula is C20H21BrClN3O3S. The van der Waals surface area contributed by atoms with Crippen LogP contribution in [0.5, 0.6) is 0 Å². The van der Waals surface area contributed by atoms with Crippen LogP contribution >= 0.6 is 38.9 Å². The van der Waals surface area contributed by atoms with Crippen molar-refractivity contribution in [2.24, 2.45) is 0 Å². The highest BCUT2D eigenvalue weighted by Crippen LogP contribution is 2.25. The first-order valence-electron chi connectivity index (χ1n) is 9.15. The molecular weight excluding hydrogens is 478 g/mol. The maximum atomic E-state index is 12.7. The zero-order valence-electron chi connectivity index (χ0n) is 16.1. The van der Waals surface area contributed by atoms with Crippen LogP contribution in [0, 0.1) is 0 Å². The largest absolute Gasteiger partial charge is 0.339 e. The van der Waals surface area contributed by atoms with Crippen LogP contribution in [-0.2, 0) is 4.79 Å². The van der Waals surface area contributed by atoms with Gasteiger partial charge in [0.05, 0.1) is 19.2 Å². The van der Waals surface area contributed by atoms with E-state index >= 15 is 0 Å². The Morgan fingerprint density at radius 1 is 1.14 bits per heavy atom. The molecule has 9 heteroatoms. The predicted molar refractivity (Wildman–Crippen MR) is 119 cm³/mol. The first kappa shape index (κ1) is 21.8. The number of hydrogen-bond acceptors (Lipinski definition) is 4. The van der Waals surface area contributed by atoms with Crippen molar-refractivity contribution in [2.75, 3.05) is 18.4 Å². The maximum Gasteiger partial charge on any atom is 0.262 e. The lowest BCUT2D eigenvalue weighted by Crippen LogP contribution is -2.52. The van der Waals surface area contributed by atoms with Crippen LogP contribution in [0.3, 0.4) is 0 Å². The molecule has 1 saturated heterocycles. The molecule has 1 aliphatic rings. The summed E-state index contributed by atoms with van der Waals surface area (Å²) in [5, 5.41) is 5.77. The van der Waals surface area contributed by atoms with Crippen LogP contribution < -0.4 is 10.6 Å². The Bertz CT molecular complexity index is 954. The summed E-state index contributed by atoms with van der Waals surface area (Å²) in [5.41, 5.74) is -0.272. The number of anilines is 1. The minimum absolute atomic E-state index is 0.0971. The predicted octanol–water partition coefficient (Wildman–Crippen LogP) is 4.55. The van der Waals surface area contributed by atoms with E-state index in [0.29, 0.717) is 16.1 Å². The summed E-state index contributed by atoms with van der Waals surface area (Å²) in [6.45, 7) is 4.72. The summed E-state index contributed by atoms with van der Waals surface area (Å²) in [6, 6.07) is 8.28. The summed E-state index contributed by atoms with van der Waals surface area (Å²) in [6.07, 6.45) is 2.00. The molecule has 0 aliphatic carbocycles. The highest BCUT2D eigenvalue weighted by Gasteiger charge is 2.30. The van der Waals surface area contributed by atoms with Gasteiger partial charge in [0, 0.05) is 18.8 Å². The molecule has 154 valence electrons. The molecule has 1 aromatic heterocycles. The standard InChI is InChI=1S/C20H21BrClN3O3S/c1-20(2,24-17(26)15-7-8-16(21)29-15)19(28)23-12-5-6-13(14(22)11-12)18(27)25-9-3-4-10-25/h5-8,11H,3-4,9-10H2,1-2H3,(H,23,28)(H,24,26). The number of nitrogens with zero attached hydrogens (tertiary/aromatic N) is 1. The van der Waals surface area contributed by atoms with Crippen molar-refractivity contribution in [3.63, 3.8) is 0 Å². The Morgan fingerprint density at radius 2 is 1.83 bits per heavy atom. The van der Waals surface area contributed by atoms with Gasteiger partial charge in [0.15, 0.2) is 0 Å². The van der Waals surface area contributed by atoms with Gasteiger partial charge in [-0.2, -0.15) is 0 Å². The molecule has 1 aliphatic heterocycles. The van der Waals surface area contributed by atoms with Crippen molar-refractivity contribution < 1.29 is 14.4 Å². The molecule has 0 bridgehead atoms. The second kappa shape index (κ2) is 8.85. The van der Waals surface area contributed by atoms with Gasteiger partial charge >= 0.3 is 0 Å². The third-order valence-corrected chi connectivity index (χ3v) is 6.58. The second-order valence-electron chi connectivity index (χ2n) is 7.33. The topological polar surface area (TPSA) is 78.5 Å². The molecule has 0 atom stereocenters. The van der Waals surface area contributed by atoms with Crippen LogP contribution in [-0.4, -0.2) is 41.2 Å². The summed E-state index contributed by atoms with van der Waals surface area (Å²) >= 11 is 10.9. The molecule has 2 aromatic rings. The lowest BCUT2D eigenvalue weighted by atomic mass is 10.0. The average Bonchev–Trinajstić information content (AvgIpc) is 3.32. The number of carbonyl (C=O) groups excluding carboxylic acids is 3. The molecule has 6 nitrogen and oxygen atoms in total. The lowest BCUT2D eigenvalue weighted by molar-refractivity contribution is -0.120. The molecule has 0 spiro atoms. The van der Waals surface area contributed by atoms with Crippen molar-refractivity contribution in [3.05, 3.63) is 49.6 Å². The van der Waals surface area contributed by atoms with E-state index in [1.165, 1.54) is 11.3 Å². The van der Waals surface area contributed by atoms with E-state index in [1.54, 1.807) is 49.1 Å². The van der Waals surface area contributed by atoms with E-state index in [4.69, 9.17) is 11.6 Å². The number of thiophene rings is 1. The van der Waals surface area contributed by atoms with Crippen molar-refractivity contribution in [3.8, 4) is 0 Å². The van der Waals surface area contributed by atoms with Crippen LogP contribution in [0.15, 0.2) is 34.1 Å². The lowest BCUT2D eigenvalue weighted by Gasteiger charge is -2.25. The number of benzene rings is 1. The Hall–Kier alpha value is -1.90. The smallest absolute Gasteiger partial charge is 0.262 e. The number of halogens is 2. The van der Waals surface area contributed by atoms with Crippen molar-refractivity contribution in [1.29, 1.82) is 0 Å². The first-order chi connectivity index (χ1) is 13.7. The van der Waals surface area contributed by atoms with Gasteiger partial charge in [-0.05, 0) is 73.0 Å². The summed E-state index contributed by atoms with van der Waals surface area (Å²) < 4.78 is 0.836. The Balaban J connectivity index is 1.66. The maximum absolute atomic E-state index is 12.7. The van der Waals surface area contributed by atoms with E-state index in [9.17, 15) is 14.4 Å². The second-order valence-corrected chi connectivity index (χ2v) is 10.2.